The third-order valence-corrected chi connectivity index (χ3v) is 1.99. The molecular weight excluding hydrogens is 422 g/mol. The van der Waals surface area contributed by atoms with Gasteiger partial charge in [-0.15, -0.1) is 0 Å². The Morgan fingerprint density at radius 3 is 1.29 bits per heavy atom. The van der Waals surface area contributed by atoms with Gasteiger partial charge in [0, 0.05) is 12.1 Å². The van der Waals surface area contributed by atoms with E-state index in [2.05, 4.69) is 0 Å². The predicted octanol–water partition coefficient (Wildman–Crippen LogP) is 1.79. The van der Waals surface area contributed by atoms with Crippen LogP contribution >= 0.6 is 17.8 Å². The molecule has 0 aromatic heterocycles. The van der Waals surface area contributed by atoms with Crippen LogP contribution in [0.5, 0.6) is 11.5 Å². The second-order valence-corrected chi connectivity index (χ2v) is 7.67. The Kier molecular flexibility index (Phi) is 11.8. The molecular formula is C14H14Cl2O4Sn+2. The zero-order valence-corrected chi connectivity index (χ0v) is 15.2. The summed E-state index contributed by atoms with van der Waals surface area (Å²) in [5.74, 6) is -0.194. The first-order chi connectivity index (χ1) is 10.0. The van der Waals surface area contributed by atoms with Gasteiger partial charge in [0.2, 0.25) is 11.5 Å². The van der Waals surface area contributed by atoms with Crippen LogP contribution in [0.15, 0.2) is 60.7 Å². The van der Waals surface area contributed by atoms with Crippen LogP contribution in [0.4, 0.5) is 0 Å². The van der Waals surface area contributed by atoms with Crippen LogP contribution < -0.4 is 10.9 Å². The minimum absolute atomic E-state index is 0.0972. The molecule has 4 N–H and O–H groups in total. The normalized spacial score (nSPS) is 8.48. The molecule has 0 bridgehead atoms. The molecule has 0 aliphatic rings. The molecule has 4 nitrogen and oxygen atoms in total. The summed E-state index contributed by atoms with van der Waals surface area (Å²) in [6.07, 6.45) is 0. The molecule has 2 aromatic carbocycles. The third kappa shape index (κ3) is 10.2. The molecule has 0 atom stereocenters. The van der Waals surface area contributed by atoms with Crippen LogP contribution in [0.2, 0.25) is 0 Å². The van der Waals surface area contributed by atoms with Crippen molar-refractivity contribution < 1.29 is 19.8 Å². The Labute approximate surface area is 139 Å². The van der Waals surface area contributed by atoms with Gasteiger partial charge >= 0.3 is 47.6 Å². The third-order valence-electron chi connectivity index (χ3n) is 1.99. The standard InChI is InChI=1S/2C7H6O2.2ClH.Sn/c2*8-6-4-2-1-3-5-7(6)9;;;/h2*1-5H,(H,8,9);2*1H;/q;;;;+2. The topological polar surface area (TPSA) is 83.3 Å². The van der Waals surface area contributed by atoms with E-state index in [1.807, 2.05) is 0 Å². The van der Waals surface area contributed by atoms with Gasteiger partial charge in [-0.3, -0.25) is 9.59 Å². The van der Waals surface area contributed by atoms with E-state index in [9.17, 15) is 0 Å². The zero-order valence-electron chi connectivity index (χ0n) is 10.8. The van der Waals surface area contributed by atoms with Gasteiger partial charge in [-0.05, 0) is 12.1 Å². The minimum atomic E-state index is -0.826. The van der Waals surface area contributed by atoms with E-state index in [4.69, 9.17) is 37.6 Å². The van der Waals surface area contributed by atoms with Gasteiger partial charge in [0.25, 0.3) is 0 Å². The fraction of sp³-hybridized carbons (Fsp3) is 0. The fourth-order valence-electron chi connectivity index (χ4n) is 1.06. The molecule has 0 amide bonds. The first kappa shape index (κ1) is 19.8. The van der Waals surface area contributed by atoms with Crippen molar-refractivity contribution in [2.24, 2.45) is 0 Å². The van der Waals surface area contributed by atoms with Gasteiger partial charge < -0.3 is 10.2 Å². The molecule has 0 aliphatic carbocycles. The first-order valence-corrected chi connectivity index (χ1v) is 12.8. The zero-order chi connectivity index (χ0) is 16.1. The van der Waals surface area contributed by atoms with Crippen LogP contribution in [0.25, 0.3) is 0 Å². The van der Waals surface area contributed by atoms with Gasteiger partial charge in [0.05, 0.1) is 0 Å². The summed E-state index contributed by atoms with van der Waals surface area (Å²) in [5, 5.41) is 17.7. The molecule has 0 unspecified atom stereocenters. The Morgan fingerprint density at radius 2 is 0.952 bits per heavy atom. The molecule has 0 fully saturated rings. The number of halogens is 2. The van der Waals surface area contributed by atoms with Crippen molar-refractivity contribution in [1.82, 2.24) is 0 Å². The second kappa shape index (κ2) is 12.5. The molecule has 0 heterocycles. The van der Waals surface area contributed by atoms with Crippen molar-refractivity contribution >= 4 is 36.7 Å². The first-order valence-electron chi connectivity index (χ1n) is 5.59. The van der Waals surface area contributed by atoms with Crippen molar-refractivity contribution in [1.29, 1.82) is 0 Å². The van der Waals surface area contributed by atoms with E-state index < -0.39 is 18.9 Å². The predicted molar refractivity (Wildman–Crippen MR) is 83.8 cm³/mol. The summed E-state index contributed by atoms with van der Waals surface area (Å²) >= 11 is -0.826. The van der Waals surface area contributed by atoms with Crippen molar-refractivity contribution in [3.63, 3.8) is 0 Å². The summed E-state index contributed by atoms with van der Waals surface area (Å²) < 4.78 is 0. The van der Waals surface area contributed by atoms with Crippen molar-refractivity contribution in [3.8, 4) is 11.5 Å². The number of aromatic hydroxyl groups is 2. The summed E-state index contributed by atoms with van der Waals surface area (Å²) in [4.78, 5) is 17.7. The molecule has 2 rings (SSSR count). The summed E-state index contributed by atoms with van der Waals surface area (Å²) in [6, 6.07) is 15.7. The summed E-state index contributed by atoms with van der Waals surface area (Å²) in [7, 11) is 9.87. The van der Waals surface area contributed by atoms with Gasteiger partial charge in [0.15, 0.2) is 0 Å². The second-order valence-electron chi connectivity index (χ2n) is 3.43. The molecule has 21 heavy (non-hydrogen) atoms. The monoisotopic (exact) mass is 436 g/mol. The Bertz CT molecular complexity index is 596. The maximum atomic E-state index is 8.83. The Hall–Kier alpha value is -1.24. The molecule has 7 heteroatoms. The quantitative estimate of drug-likeness (QED) is 0.488. The number of rotatable bonds is 0. The molecule has 110 valence electrons. The van der Waals surface area contributed by atoms with Crippen molar-refractivity contribution in [2.45, 2.75) is 0 Å². The molecule has 0 saturated carbocycles. The number of hydrogen-bond acceptors (Lipinski definition) is 2. The SMILES string of the molecule is Oc1cccccc1=[OH+].Oc1cccccc1=[OH+].[Cl][Sn][Cl]. The van der Waals surface area contributed by atoms with E-state index in [1.165, 1.54) is 24.3 Å². The molecule has 2 radical (unpaired) electrons. The van der Waals surface area contributed by atoms with Crippen molar-refractivity contribution in [3.05, 3.63) is 71.5 Å². The van der Waals surface area contributed by atoms with Gasteiger partial charge in [-0.25, -0.2) is 0 Å². The average Bonchev–Trinajstić information content (AvgIpc) is 2.75. The Morgan fingerprint density at radius 1 is 0.667 bits per heavy atom. The number of hydrogen-bond donors (Lipinski definition) is 2. The molecule has 0 spiro atoms. The van der Waals surface area contributed by atoms with E-state index in [0.29, 0.717) is 0 Å². The average molecular weight is 436 g/mol. The van der Waals surface area contributed by atoms with Crippen LogP contribution in [-0.2, 0) is 0 Å². The Balaban J connectivity index is 0.000000322. The fourth-order valence-corrected chi connectivity index (χ4v) is 1.06. The van der Waals surface area contributed by atoms with E-state index in [0.717, 1.165) is 0 Å². The van der Waals surface area contributed by atoms with Crippen LogP contribution in [0, 0.1) is 0 Å². The van der Waals surface area contributed by atoms with Crippen molar-refractivity contribution in [2.75, 3.05) is 0 Å². The molecule has 0 saturated heterocycles. The van der Waals surface area contributed by atoms with Crippen LogP contribution in [0.1, 0.15) is 0 Å². The summed E-state index contributed by atoms with van der Waals surface area (Å²) in [5.41, 5.74) is -0.194. The van der Waals surface area contributed by atoms with Gasteiger partial charge in [-0.2, -0.15) is 0 Å². The van der Waals surface area contributed by atoms with Gasteiger partial charge in [-0.1, -0.05) is 36.4 Å². The van der Waals surface area contributed by atoms with Crippen LogP contribution in [-0.4, -0.2) is 38.7 Å². The van der Waals surface area contributed by atoms with Crippen LogP contribution in [0.3, 0.4) is 0 Å². The van der Waals surface area contributed by atoms with E-state index in [1.54, 1.807) is 36.4 Å². The van der Waals surface area contributed by atoms with E-state index >= 15 is 0 Å². The van der Waals surface area contributed by atoms with Gasteiger partial charge in [0.1, 0.15) is 0 Å². The molecule has 2 aromatic rings. The molecule has 0 aliphatic heterocycles. The maximum absolute atomic E-state index is 8.83. The summed E-state index contributed by atoms with van der Waals surface area (Å²) in [6.45, 7) is 0. The van der Waals surface area contributed by atoms with E-state index in [-0.39, 0.29) is 22.4 Å².